The largest absolute Gasteiger partial charge is 0.372 e. The van der Waals surface area contributed by atoms with E-state index in [1.165, 1.54) is 16.9 Å². The van der Waals surface area contributed by atoms with Crippen molar-refractivity contribution < 1.29 is 0 Å². The Bertz CT molecular complexity index is 1180. The average molecular weight is 451 g/mol. The van der Waals surface area contributed by atoms with Gasteiger partial charge in [-0.05, 0) is 75.7 Å². The number of hydrogen-bond acceptors (Lipinski definition) is 4. The standard InChI is InChI=1S/C30H34N4/c1-5-33(6-2)26-13-9-23(10-14-26)28-17-18-29(24-19-21-31-22-20-24)32-30(28)25-11-15-27(16-12-25)34(7-3)8-4/h9-22H,5-8H2,1-4H3. The quantitative estimate of drug-likeness (QED) is 0.271. The molecule has 0 N–H and O–H groups in total. The Morgan fingerprint density at radius 1 is 0.529 bits per heavy atom. The highest BCUT2D eigenvalue weighted by molar-refractivity contribution is 5.83. The third-order valence-corrected chi connectivity index (χ3v) is 6.45. The summed E-state index contributed by atoms with van der Waals surface area (Å²) in [5.74, 6) is 0. The van der Waals surface area contributed by atoms with Crippen LogP contribution in [0.4, 0.5) is 11.4 Å². The van der Waals surface area contributed by atoms with Gasteiger partial charge < -0.3 is 9.80 Å². The van der Waals surface area contributed by atoms with Gasteiger partial charge in [0.25, 0.3) is 0 Å². The van der Waals surface area contributed by atoms with Crippen LogP contribution in [0.3, 0.4) is 0 Å². The summed E-state index contributed by atoms with van der Waals surface area (Å²) >= 11 is 0. The summed E-state index contributed by atoms with van der Waals surface area (Å²) in [5.41, 5.74) is 8.94. The third-order valence-electron chi connectivity index (χ3n) is 6.45. The van der Waals surface area contributed by atoms with Crippen molar-refractivity contribution in [1.29, 1.82) is 0 Å². The second kappa shape index (κ2) is 11.0. The normalized spacial score (nSPS) is 10.8. The zero-order chi connectivity index (χ0) is 23.9. The van der Waals surface area contributed by atoms with E-state index in [0.717, 1.165) is 54.3 Å². The molecule has 2 aromatic carbocycles. The summed E-state index contributed by atoms with van der Waals surface area (Å²) in [4.78, 5) is 14.0. The van der Waals surface area contributed by atoms with Crippen molar-refractivity contribution in [3.05, 3.63) is 85.2 Å². The molecule has 0 aliphatic heterocycles. The van der Waals surface area contributed by atoms with Crippen LogP contribution < -0.4 is 9.80 Å². The van der Waals surface area contributed by atoms with Gasteiger partial charge in [0.2, 0.25) is 0 Å². The Kier molecular flexibility index (Phi) is 7.58. The predicted octanol–water partition coefficient (Wildman–Crippen LogP) is 7.17. The summed E-state index contributed by atoms with van der Waals surface area (Å²) in [6.45, 7) is 12.8. The SMILES string of the molecule is CCN(CC)c1ccc(-c2ccc(-c3ccncc3)nc2-c2ccc(N(CC)CC)cc2)cc1. The van der Waals surface area contributed by atoms with Gasteiger partial charge in [0.1, 0.15) is 0 Å². The molecule has 0 unspecified atom stereocenters. The minimum atomic E-state index is 0.953. The number of benzene rings is 2. The fourth-order valence-corrected chi connectivity index (χ4v) is 4.46. The molecule has 4 aromatic rings. The molecule has 4 heteroatoms. The number of nitrogens with zero attached hydrogens (tertiary/aromatic N) is 4. The van der Waals surface area contributed by atoms with Gasteiger partial charge in [-0.2, -0.15) is 0 Å². The first kappa shape index (κ1) is 23.5. The molecule has 0 amide bonds. The van der Waals surface area contributed by atoms with Crippen LogP contribution in [-0.2, 0) is 0 Å². The van der Waals surface area contributed by atoms with Crippen LogP contribution in [0.25, 0.3) is 33.6 Å². The Morgan fingerprint density at radius 2 is 1.03 bits per heavy atom. The van der Waals surface area contributed by atoms with E-state index in [9.17, 15) is 0 Å². The van der Waals surface area contributed by atoms with Crippen LogP contribution in [0.5, 0.6) is 0 Å². The highest BCUT2D eigenvalue weighted by Gasteiger charge is 2.13. The molecule has 4 rings (SSSR count). The van der Waals surface area contributed by atoms with E-state index in [4.69, 9.17) is 4.98 Å². The first-order chi connectivity index (χ1) is 16.7. The smallest absolute Gasteiger partial charge is 0.0787 e. The molecule has 0 saturated carbocycles. The van der Waals surface area contributed by atoms with Crippen LogP contribution in [0.15, 0.2) is 85.2 Å². The summed E-state index contributed by atoms with van der Waals surface area (Å²) in [6, 6.07) is 26.0. The van der Waals surface area contributed by atoms with Crippen LogP contribution in [0.2, 0.25) is 0 Å². The Balaban J connectivity index is 1.79. The van der Waals surface area contributed by atoms with Crippen molar-refractivity contribution in [2.75, 3.05) is 36.0 Å². The van der Waals surface area contributed by atoms with Crippen molar-refractivity contribution in [1.82, 2.24) is 9.97 Å². The molecule has 34 heavy (non-hydrogen) atoms. The van der Waals surface area contributed by atoms with Gasteiger partial charge in [0.05, 0.1) is 11.4 Å². The molecule has 0 aliphatic carbocycles. The number of hydrogen-bond donors (Lipinski definition) is 0. The maximum absolute atomic E-state index is 5.14. The Labute approximate surface area is 203 Å². The molecule has 2 aromatic heterocycles. The van der Waals surface area contributed by atoms with Gasteiger partial charge in [-0.25, -0.2) is 4.98 Å². The van der Waals surface area contributed by atoms with Crippen molar-refractivity contribution in [2.24, 2.45) is 0 Å². The van der Waals surface area contributed by atoms with E-state index in [-0.39, 0.29) is 0 Å². The summed E-state index contributed by atoms with van der Waals surface area (Å²) in [5, 5.41) is 0. The lowest BCUT2D eigenvalue weighted by atomic mass is 9.97. The molecule has 0 fully saturated rings. The van der Waals surface area contributed by atoms with Crippen LogP contribution in [0.1, 0.15) is 27.7 Å². The highest BCUT2D eigenvalue weighted by atomic mass is 15.1. The first-order valence-corrected chi connectivity index (χ1v) is 12.3. The zero-order valence-corrected chi connectivity index (χ0v) is 20.7. The third kappa shape index (κ3) is 4.96. The number of pyridine rings is 2. The summed E-state index contributed by atoms with van der Waals surface area (Å²) < 4.78 is 0. The Hall–Kier alpha value is -3.66. The van der Waals surface area contributed by atoms with E-state index in [1.54, 1.807) is 0 Å². The molecule has 0 atom stereocenters. The second-order valence-corrected chi connectivity index (χ2v) is 8.27. The summed E-state index contributed by atoms with van der Waals surface area (Å²) in [7, 11) is 0. The zero-order valence-electron chi connectivity index (χ0n) is 20.7. The lowest BCUT2D eigenvalue weighted by molar-refractivity contribution is 0.866. The van der Waals surface area contributed by atoms with Crippen molar-refractivity contribution in [2.45, 2.75) is 27.7 Å². The van der Waals surface area contributed by atoms with Gasteiger partial charge >= 0.3 is 0 Å². The minimum absolute atomic E-state index is 0.953. The highest BCUT2D eigenvalue weighted by Crippen LogP contribution is 2.34. The lowest BCUT2D eigenvalue weighted by Gasteiger charge is -2.22. The van der Waals surface area contributed by atoms with Gasteiger partial charge in [-0.1, -0.05) is 30.3 Å². The molecule has 0 spiro atoms. The molecule has 2 heterocycles. The molecule has 0 bridgehead atoms. The topological polar surface area (TPSA) is 32.3 Å². The van der Waals surface area contributed by atoms with Gasteiger partial charge in [0.15, 0.2) is 0 Å². The molecule has 0 radical (unpaired) electrons. The lowest BCUT2D eigenvalue weighted by Crippen LogP contribution is -2.21. The van der Waals surface area contributed by atoms with Gasteiger partial charge in [-0.3, -0.25) is 4.98 Å². The molecular formula is C30H34N4. The summed E-state index contributed by atoms with van der Waals surface area (Å²) in [6.07, 6.45) is 3.63. The average Bonchev–Trinajstić information content (AvgIpc) is 2.91. The van der Waals surface area contributed by atoms with E-state index < -0.39 is 0 Å². The van der Waals surface area contributed by atoms with Crippen molar-refractivity contribution >= 4 is 11.4 Å². The fourth-order valence-electron chi connectivity index (χ4n) is 4.46. The maximum atomic E-state index is 5.14. The number of rotatable bonds is 9. The maximum Gasteiger partial charge on any atom is 0.0787 e. The fraction of sp³-hybridized carbons (Fsp3) is 0.267. The van der Waals surface area contributed by atoms with Crippen molar-refractivity contribution in [3.63, 3.8) is 0 Å². The number of aromatic nitrogens is 2. The van der Waals surface area contributed by atoms with Crippen molar-refractivity contribution in [3.8, 4) is 33.6 Å². The van der Waals surface area contributed by atoms with Crippen LogP contribution in [-0.4, -0.2) is 36.1 Å². The molecule has 0 saturated heterocycles. The van der Waals surface area contributed by atoms with Gasteiger partial charge in [0, 0.05) is 66.6 Å². The van der Waals surface area contributed by atoms with Crippen LogP contribution in [0, 0.1) is 0 Å². The Morgan fingerprint density at radius 3 is 1.53 bits per heavy atom. The monoisotopic (exact) mass is 450 g/mol. The van der Waals surface area contributed by atoms with E-state index in [1.807, 2.05) is 24.5 Å². The van der Waals surface area contributed by atoms with Crippen LogP contribution >= 0.6 is 0 Å². The predicted molar refractivity (Wildman–Crippen MR) is 145 cm³/mol. The first-order valence-electron chi connectivity index (χ1n) is 12.3. The minimum Gasteiger partial charge on any atom is -0.372 e. The van der Waals surface area contributed by atoms with E-state index in [2.05, 4.69) is 103 Å². The molecule has 174 valence electrons. The number of anilines is 2. The van der Waals surface area contributed by atoms with Gasteiger partial charge in [-0.15, -0.1) is 0 Å². The molecule has 4 nitrogen and oxygen atoms in total. The van der Waals surface area contributed by atoms with E-state index in [0.29, 0.717) is 0 Å². The second-order valence-electron chi connectivity index (χ2n) is 8.27. The van der Waals surface area contributed by atoms with E-state index >= 15 is 0 Å². The molecule has 0 aliphatic rings. The molecular weight excluding hydrogens is 416 g/mol.